The third-order valence-corrected chi connectivity index (χ3v) is 5.26. The molecule has 28 heavy (non-hydrogen) atoms. The summed E-state index contributed by atoms with van der Waals surface area (Å²) in [4.78, 5) is 13.6. The third-order valence-electron chi connectivity index (χ3n) is 4.30. The molecule has 2 aromatic heterocycles. The minimum Gasteiger partial charge on any atom is -0.497 e. The lowest BCUT2D eigenvalue weighted by Gasteiger charge is -2.11. The van der Waals surface area contributed by atoms with E-state index in [4.69, 9.17) is 4.74 Å². The molecule has 0 aliphatic rings. The Morgan fingerprint density at radius 3 is 2.61 bits per heavy atom. The standard InChI is InChI=1S/C22H17FN2O2S/c1-27-18-9-5-8-17(13-18)24-22(26)21-20(25-10-2-3-11-25)19(14-28-21)15-6-4-7-16(23)12-15/h2-14H,1H3,(H,24,26). The summed E-state index contributed by atoms with van der Waals surface area (Å²) in [6, 6.07) is 17.3. The lowest BCUT2D eigenvalue weighted by Crippen LogP contribution is -2.13. The van der Waals surface area contributed by atoms with Gasteiger partial charge in [-0.25, -0.2) is 4.39 Å². The van der Waals surface area contributed by atoms with E-state index < -0.39 is 0 Å². The fourth-order valence-electron chi connectivity index (χ4n) is 3.00. The highest BCUT2D eigenvalue weighted by Crippen LogP contribution is 2.35. The average Bonchev–Trinajstić information content (AvgIpc) is 3.37. The lowest BCUT2D eigenvalue weighted by molar-refractivity contribution is 0.103. The number of benzene rings is 2. The van der Waals surface area contributed by atoms with Gasteiger partial charge in [-0.2, -0.15) is 0 Å². The van der Waals surface area contributed by atoms with Crippen molar-refractivity contribution in [2.75, 3.05) is 12.4 Å². The Bertz CT molecular complexity index is 1120. The minimum absolute atomic E-state index is 0.232. The van der Waals surface area contributed by atoms with Crippen LogP contribution in [0.15, 0.2) is 78.4 Å². The highest BCUT2D eigenvalue weighted by molar-refractivity contribution is 7.13. The van der Waals surface area contributed by atoms with Gasteiger partial charge in [-0.05, 0) is 42.0 Å². The molecule has 1 amide bonds. The summed E-state index contributed by atoms with van der Waals surface area (Å²) < 4.78 is 20.8. The Kier molecular flexibility index (Phi) is 4.95. The van der Waals surface area contributed by atoms with Crippen molar-refractivity contribution in [2.45, 2.75) is 0 Å². The number of nitrogens with zero attached hydrogens (tertiary/aromatic N) is 1. The number of carbonyl (C=O) groups is 1. The van der Waals surface area contributed by atoms with Crippen LogP contribution in [0.3, 0.4) is 0 Å². The second-order valence-corrected chi connectivity index (χ2v) is 6.99. The van der Waals surface area contributed by atoms with E-state index in [1.165, 1.54) is 23.5 Å². The molecule has 0 atom stereocenters. The molecule has 0 aliphatic carbocycles. The smallest absolute Gasteiger partial charge is 0.267 e. The normalized spacial score (nSPS) is 10.6. The number of carbonyl (C=O) groups excluding carboxylic acids is 1. The Labute approximate surface area is 165 Å². The maximum absolute atomic E-state index is 13.8. The van der Waals surface area contributed by atoms with E-state index in [2.05, 4.69) is 5.32 Å². The average molecular weight is 392 g/mol. The first kappa shape index (κ1) is 18.0. The molecule has 0 fully saturated rings. The topological polar surface area (TPSA) is 43.3 Å². The number of methoxy groups -OCH3 is 1. The van der Waals surface area contributed by atoms with Gasteiger partial charge < -0.3 is 14.6 Å². The third kappa shape index (κ3) is 3.54. The van der Waals surface area contributed by atoms with Crippen molar-refractivity contribution < 1.29 is 13.9 Å². The summed E-state index contributed by atoms with van der Waals surface area (Å²) in [7, 11) is 1.58. The van der Waals surface area contributed by atoms with Gasteiger partial charge in [-0.15, -0.1) is 11.3 Å². The van der Waals surface area contributed by atoms with Crippen LogP contribution in [0.4, 0.5) is 10.1 Å². The molecule has 4 nitrogen and oxygen atoms in total. The summed E-state index contributed by atoms with van der Waals surface area (Å²) >= 11 is 1.33. The van der Waals surface area contributed by atoms with Crippen molar-refractivity contribution in [1.82, 2.24) is 4.57 Å². The van der Waals surface area contributed by atoms with Crippen molar-refractivity contribution in [3.05, 3.63) is 89.1 Å². The number of hydrogen-bond acceptors (Lipinski definition) is 3. The molecule has 2 heterocycles. The molecular weight excluding hydrogens is 375 g/mol. The molecule has 6 heteroatoms. The van der Waals surface area contributed by atoms with E-state index in [0.29, 0.717) is 16.3 Å². The number of halogens is 1. The summed E-state index contributed by atoms with van der Waals surface area (Å²) in [5.41, 5.74) is 2.89. The Hall–Kier alpha value is -3.38. The molecular formula is C22H17FN2O2S. The van der Waals surface area contributed by atoms with Crippen LogP contribution in [-0.2, 0) is 0 Å². The van der Waals surface area contributed by atoms with Crippen LogP contribution in [0, 0.1) is 5.82 Å². The van der Waals surface area contributed by atoms with Crippen molar-refractivity contribution in [1.29, 1.82) is 0 Å². The van der Waals surface area contributed by atoms with Crippen LogP contribution in [0.1, 0.15) is 9.67 Å². The zero-order valence-electron chi connectivity index (χ0n) is 15.1. The van der Waals surface area contributed by atoms with Crippen LogP contribution >= 0.6 is 11.3 Å². The molecule has 0 unspecified atom stereocenters. The van der Waals surface area contributed by atoms with Crippen LogP contribution in [-0.4, -0.2) is 17.6 Å². The predicted molar refractivity (Wildman–Crippen MR) is 110 cm³/mol. The maximum atomic E-state index is 13.8. The number of aromatic nitrogens is 1. The fourth-order valence-corrected chi connectivity index (χ4v) is 3.97. The molecule has 140 valence electrons. The molecule has 0 radical (unpaired) electrons. The molecule has 2 aromatic carbocycles. The number of thiophene rings is 1. The number of nitrogens with one attached hydrogen (secondary N) is 1. The zero-order chi connectivity index (χ0) is 19.5. The zero-order valence-corrected chi connectivity index (χ0v) is 15.9. The quantitative estimate of drug-likeness (QED) is 0.480. The van der Waals surface area contributed by atoms with Crippen molar-refractivity contribution in [3.8, 4) is 22.6 Å². The number of ether oxygens (including phenoxy) is 1. The van der Waals surface area contributed by atoms with Crippen LogP contribution in [0.5, 0.6) is 5.75 Å². The van der Waals surface area contributed by atoms with Crippen LogP contribution in [0.25, 0.3) is 16.8 Å². The van der Waals surface area contributed by atoms with E-state index >= 15 is 0 Å². The number of anilines is 1. The molecule has 0 aliphatic heterocycles. The number of amides is 1. The van der Waals surface area contributed by atoms with Gasteiger partial charge in [0.05, 0.1) is 12.8 Å². The highest BCUT2D eigenvalue weighted by Gasteiger charge is 2.21. The maximum Gasteiger partial charge on any atom is 0.267 e. The minimum atomic E-state index is -0.315. The Morgan fingerprint density at radius 2 is 1.86 bits per heavy atom. The first-order chi connectivity index (χ1) is 13.7. The van der Waals surface area contributed by atoms with Gasteiger partial charge >= 0.3 is 0 Å². The van der Waals surface area contributed by atoms with E-state index in [9.17, 15) is 9.18 Å². The van der Waals surface area contributed by atoms with Crippen molar-refractivity contribution in [2.24, 2.45) is 0 Å². The second kappa shape index (κ2) is 7.70. The van der Waals surface area contributed by atoms with E-state index in [1.807, 2.05) is 52.7 Å². The Morgan fingerprint density at radius 1 is 1.07 bits per heavy atom. The van der Waals surface area contributed by atoms with Gasteiger partial charge in [0, 0.05) is 35.1 Å². The van der Waals surface area contributed by atoms with Gasteiger partial charge in [0.2, 0.25) is 0 Å². The summed E-state index contributed by atoms with van der Waals surface area (Å²) in [6.07, 6.45) is 3.74. The summed E-state index contributed by atoms with van der Waals surface area (Å²) in [5.74, 6) is 0.115. The highest BCUT2D eigenvalue weighted by atomic mass is 32.1. The second-order valence-electron chi connectivity index (χ2n) is 6.11. The van der Waals surface area contributed by atoms with Gasteiger partial charge in [-0.3, -0.25) is 4.79 Å². The molecule has 4 aromatic rings. The van der Waals surface area contributed by atoms with Crippen molar-refractivity contribution >= 4 is 22.9 Å². The first-order valence-corrected chi connectivity index (χ1v) is 9.50. The summed E-state index contributed by atoms with van der Waals surface area (Å²) in [6.45, 7) is 0. The SMILES string of the molecule is COc1cccc(NC(=O)c2scc(-c3cccc(F)c3)c2-n2cccc2)c1. The molecule has 0 saturated carbocycles. The number of rotatable bonds is 5. The monoisotopic (exact) mass is 392 g/mol. The Balaban J connectivity index is 1.75. The number of hydrogen-bond donors (Lipinski definition) is 1. The van der Waals surface area contributed by atoms with E-state index in [-0.39, 0.29) is 11.7 Å². The fraction of sp³-hybridized carbons (Fsp3) is 0.0455. The van der Waals surface area contributed by atoms with E-state index in [1.54, 1.807) is 25.3 Å². The largest absolute Gasteiger partial charge is 0.497 e. The summed E-state index contributed by atoms with van der Waals surface area (Å²) in [5, 5.41) is 4.80. The van der Waals surface area contributed by atoms with Gasteiger partial charge in [-0.1, -0.05) is 18.2 Å². The van der Waals surface area contributed by atoms with Gasteiger partial charge in [0.1, 0.15) is 16.4 Å². The molecule has 0 saturated heterocycles. The van der Waals surface area contributed by atoms with E-state index in [0.717, 1.165) is 16.8 Å². The van der Waals surface area contributed by atoms with Crippen molar-refractivity contribution in [3.63, 3.8) is 0 Å². The van der Waals surface area contributed by atoms with Gasteiger partial charge in [0.15, 0.2) is 0 Å². The molecule has 1 N–H and O–H groups in total. The molecule has 0 spiro atoms. The van der Waals surface area contributed by atoms with Crippen LogP contribution < -0.4 is 10.1 Å². The molecule has 0 bridgehead atoms. The first-order valence-electron chi connectivity index (χ1n) is 8.62. The van der Waals surface area contributed by atoms with Gasteiger partial charge in [0.25, 0.3) is 5.91 Å². The predicted octanol–water partition coefficient (Wildman–Crippen LogP) is 5.61. The lowest BCUT2D eigenvalue weighted by atomic mass is 10.1. The van der Waals surface area contributed by atoms with Crippen LogP contribution in [0.2, 0.25) is 0 Å². The molecule has 4 rings (SSSR count).